The summed E-state index contributed by atoms with van der Waals surface area (Å²) >= 11 is 0. The van der Waals surface area contributed by atoms with Crippen molar-refractivity contribution in [3.63, 3.8) is 0 Å². The van der Waals surface area contributed by atoms with E-state index in [1.807, 2.05) is 31.7 Å². The van der Waals surface area contributed by atoms with Crippen LogP contribution in [0.15, 0.2) is 0 Å². The quantitative estimate of drug-likeness (QED) is 0.397. The number of nitrogens with one attached hydrogen (secondary N) is 2. The summed E-state index contributed by atoms with van der Waals surface area (Å²) in [4.78, 5) is 9.80. The zero-order valence-electron chi connectivity index (χ0n) is 10.0. The fourth-order valence-electron chi connectivity index (χ4n) is 0.421. The van der Waals surface area contributed by atoms with Crippen molar-refractivity contribution in [3.05, 3.63) is 0 Å². The number of hydrogen-bond acceptors (Lipinski definition) is 4. The van der Waals surface area contributed by atoms with Gasteiger partial charge in [0.05, 0.1) is 7.18 Å². The molecule has 0 radical (unpaired) electrons. The molecule has 0 rings (SSSR count). The van der Waals surface area contributed by atoms with Crippen LogP contribution in [0, 0.1) is 0 Å². The van der Waals surface area contributed by atoms with Crippen LogP contribution in [0.25, 0.3) is 0 Å². The summed E-state index contributed by atoms with van der Waals surface area (Å²) in [5, 5.41) is 5.67. The van der Waals surface area contributed by atoms with Crippen LogP contribution in [0.5, 0.6) is 0 Å². The number of carbonyl (C=O) groups is 1. The van der Waals surface area contributed by atoms with E-state index in [0.29, 0.717) is 7.18 Å². The molecule has 0 saturated heterocycles. The van der Waals surface area contributed by atoms with Gasteiger partial charge in [0.25, 0.3) is 0 Å². The van der Waals surface area contributed by atoms with E-state index >= 15 is 0 Å². The molecule has 0 aromatic heterocycles. The van der Waals surface area contributed by atoms with Crippen molar-refractivity contribution >= 4 is 28.0 Å². The van der Waals surface area contributed by atoms with E-state index in [1.54, 1.807) is 10.8 Å². The van der Waals surface area contributed by atoms with Gasteiger partial charge in [0.2, 0.25) is 6.41 Å². The molecule has 0 aromatic rings. The van der Waals surface area contributed by atoms with Crippen LogP contribution in [0.1, 0.15) is 13.8 Å². The van der Waals surface area contributed by atoms with Crippen molar-refractivity contribution < 1.29 is 9.18 Å². The standard InChI is InChI=1S/C6H14N2OS2.C2H6.CH3F/c1-7-2-4-10-11-5-3-8-6-9;2*1-2/h6-7H,2-5H2,1H3,(H,8,9);1-2H3;1H3. The van der Waals surface area contributed by atoms with Crippen molar-refractivity contribution in [2.75, 3.05) is 38.8 Å². The number of halogens is 1. The summed E-state index contributed by atoms with van der Waals surface area (Å²) < 4.78 is 9.50. The summed E-state index contributed by atoms with van der Waals surface area (Å²) in [6.07, 6.45) is 0.735. The van der Waals surface area contributed by atoms with Gasteiger partial charge in [-0.2, -0.15) is 0 Å². The normalized spacial score (nSPS) is 7.80. The molecule has 15 heavy (non-hydrogen) atoms. The Morgan fingerprint density at radius 3 is 2.00 bits per heavy atom. The van der Waals surface area contributed by atoms with Crippen molar-refractivity contribution in [1.82, 2.24) is 10.6 Å². The lowest BCUT2D eigenvalue weighted by Gasteiger charge is -1.99. The lowest BCUT2D eigenvalue weighted by molar-refractivity contribution is -0.109. The van der Waals surface area contributed by atoms with Crippen LogP contribution >= 0.6 is 21.6 Å². The highest BCUT2D eigenvalue weighted by molar-refractivity contribution is 8.76. The summed E-state index contributed by atoms with van der Waals surface area (Å²) in [5.74, 6) is 2.09. The van der Waals surface area contributed by atoms with Crippen LogP contribution in [0.2, 0.25) is 0 Å². The maximum atomic E-state index is 9.80. The average molecular weight is 258 g/mol. The largest absolute Gasteiger partial charge is 0.358 e. The van der Waals surface area contributed by atoms with Crippen molar-refractivity contribution in [3.8, 4) is 0 Å². The van der Waals surface area contributed by atoms with Gasteiger partial charge in [0.1, 0.15) is 0 Å². The summed E-state index contributed by atoms with van der Waals surface area (Å²) in [6.45, 7) is 5.81. The highest BCUT2D eigenvalue weighted by Gasteiger charge is 1.88. The second-order valence-corrected chi connectivity index (χ2v) is 4.52. The van der Waals surface area contributed by atoms with Gasteiger partial charge in [0, 0.05) is 24.6 Å². The van der Waals surface area contributed by atoms with E-state index < -0.39 is 0 Å². The van der Waals surface area contributed by atoms with Crippen LogP contribution in [0.4, 0.5) is 4.39 Å². The molecule has 94 valence electrons. The SMILES string of the molecule is CC.CF.CNCCSSCCNC=O. The first-order valence-electron chi connectivity index (χ1n) is 4.85. The van der Waals surface area contributed by atoms with Crippen LogP contribution in [-0.2, 0) is 4.79 Å². The van der Waals surface area contributed by atoms with Gasteiger partial charge in [-0.1, -0.05) is 35.4 Å². The minimum absolute atomic E-state index is 0.500. The molecule has 0 heterocycles. The molecule has 2 N–H and O–H groups in total. The van der Waals surface area contributed by atoms with E-state index in [-0.39, 0.29) is 0 Å². The molecule has 0 atom stereocenters. The summed E-state index contributed by atoms with van der Waals surface area (Å²) in [7, 11) is 6.06. The summed E-state index contributed by atoms with van der Waals surface area (Å²) in [6, 6.07) is 0. The molecule has 6 heteroatoms. The smallest absolute Gasteiger partial charge is 0.207 e. The Balaban J connectivity index is -0.000000318. The molecule has 0 bridgehead atoms. The van der Waals surface area contributed by atoms with Gasteiger partial charge in [-0.25, -0.2) is 0 Å². The van der Waals surface area contributed by atoms with Crippen molar-refractivity contribution in [1.29, 1.82) is 0 Å². The van der Waals surface area contributed by atoms with Gasteiger partial charge >= 0.3 is 0 Å². The van der Waals surface area contributed by atoms with Gasteiger partial charge in [0.15, 0.2) is 0 Å². The van der Waals surface area contributed by atoms with Gasteiger partial charge < -0.3 is 10.6 Å². The van der Waals surface area contributed by atoms with E-state index in [0.717, 1.165) is 31.0 Å². The highest BCUT2D eigenvalue weighted by atomic mass is 33.1. The maximum Gasteiger partial charge on any atom is 0.207 e. The third-order valence-corrected chi connectivity index (χ3v) is 3.34. The second-order valence-electron chi connectivity index (χ2n) is 1.82. The monoisotopic (exact) mass is 258 g/mol. The molecule has 0 aliphatic heterocycles. The van der Waals surface area contributed by atoms with Gasteiger partial charge in [-0.15, -0.1) is 0 Å². The molecule has 1 amide bonds. The second kappa shape index (κ2) is 29.2. The minimum atomic E-state index is 0.500. The number of amides is 1. The molecular weight excluding hydrogens is 235 g/mol. The number of hydrogen-bond donors (Lipinski definition) is 2. The molecule has 0 fully saturated rings. The Hall–Kier alpha value is 0.0600. The number of alkyl halides is 1. The first-order chi connectivity index (χ1) is 7.41. The average Bonchev–Trinajstić information content (AvgIpc) is 2.33. The number of rotatable bonds is 8. The first kappa shape index (κ1) is 20.5. The van der Waals surface area contributed by atoms with Crippen LogP contribution in [0.3, 0.4) is 0 Å². The lowest BCUT2D eigenvalue weighted by atomic mass is 10.8. The Kier molecular flexibility index (Phi) is 39.9. The first-order valence-corrected chi connectivity index (χ1v) is 7.34. The number of carbonyl (C=O) groups excluding carboxylic acids is 1. The Morgan fingerprint density at radius 2 is 1.60 bits per heavy atom. The Morgan fingerprint density at radius 1 is 1.13 bits per heavy atom. The molecule has 0 spiro atoms. The lowest BCUT2D eigenvalue weighted by Crippen LogP contribution is -2.14. The molecule has 0 unspecified atom stereocenters. The van der Waals surface area contributed by atoms with E-state index in [2.05, 4.69) is 10.6 Å². The van der Waals surface area contributed by atoms with Gasteiger partial charge in [-0.3, -0.25) is 9.18 Å². The predicted octanol–water partition coefficient (Wildman–Crippen LogP) is 1.95. The fourth-order valence-corrected chi connectivity index (χ4v) is 2.35. The third kappa shape index (κ3) is 31.5. The minimum Gasteiger partial charge on any atom is -0.358 e. The predicted molar refractivity (Wildman–Crippen MR) is 71.3 cm³/mol. The zero-order chi connectivity index (χ0) is 12.4. The summed E-state index contributed by atoms with van der Waals surface area (Å²) in [5.41, 5.74) is 0. The molecule has 0 saturated carbocycles. The molecular formula is C9H23FN2OS2. The highest BCUT2D eigenvalue weighted by Crippen LogP contribution is 2.18. The molecule has 0 aliphatic rings. The van der Waals surface area contributed by atoms with E-state index in [1.165, 1.54) is 0 Å². The van der Waals surface area contributed by atoms with E-state index in [9.17, 15) is 9.18 Å². The van der Waals surface area contributed by atoms with Crippen LogP contribution < -0.4 is 10.6 Å². The Labute approximate surface area is 101 Å². The van der Waals surface area contributed by atoms with Crippen molar-refractivity contribution in [2.24, 2.45) is 0 Å². The third-order valence-electron chi connectivity index (χ3n) is 0.932. The van der Waals surface area contributed by atoms with Crippen LogP contribution in [-0.4, -0.2) is 45.2 Å². The van der Waals surface area contributed by atoms with Crippen molar-refractivity contribution in [2.45, 2.75) is 13.8 Å². The molecule has 3 nitrogen and oxygen atoms in total. The fraction of sp³-hybridized carbons (Fsp3) is 0.889. The zero-order valence-corrected chi connectivity index (χ0v) is 11.6. The Bertz CT molecular complexity index is 100. The van der Waals surface area contributed by atoms with Gasteiger partial charge in [-0.05, 0) is 7.05 Å². The topological polar surface area (TPSA) is 41.1 Å². The molecule has 0 aliphatic carbocycles. The molecule has 0 aromatic carbocycles. The van der Waals surface area contributed by atoms with E-state index in [4.69, 9.17) is 0 Å². The maximum absolute atomic E-state index is 9.80.